The van der Waals surface area contributed by atoms with Gasteiger partial charge < -0.3 is 0 Å². The van der Waals surface area contributed by atoms with Gasteiger partial charge in [-0.3, -0.25) is 4.79 Å². The summed E-state index contributed by atoms with van der Waals surface area (Å²) in [4.78, 5) is 12.1. The summed E-state index contributed by atoms with van der Waals surface area (Å²) >= 11 is 0. The molecular weight excluding hydrogens is 184 g/mol. The summed E-state index contributed by atoms with van der Waals surface area (Å²) in [6.07, 6.45) is 4.43. The highest BCUT2D eigenvalue weighted by Crippen LogP contribution is 2.44. The Morgan fingerprint density at radius 3 is 2.67 bits per heavy atom. The van der Waals surface area contributed by atoms with Crippen molar-refractivity contribution in [3.63, 3.8) is 0 Å². The molecule has 1 aliphatic rings. The number of carbonyl (C=O) groups is 1. The Labute approximate surface area is 93.3 Å². The van der Waals surface area contributed by atoms with Gasteiger partial charge in [0.25, 0.3) is 0 Å². The number of Topliss-reactive ketones (excluding diaryl/α,β-unsaturated/α-hetero) is 1. The molecule has 84 valence electrons. The maximum absolute atomic E-state index is 12.1. The standard InChI is InChI=1S/C14H22O/c1-6-7-14(5)11(4)8-12(10(2)3)9-13(14)15/h6,11-12H,1-2,7-9H2,3-5H3/t11-,12-,14+/m1/s1. The van der Waals surface area contributed by atoms with Crippen LogP contribution in [0.4, 0.5) is 0 Å². The predicted octanol–water partition coefficient (Wildman–Crippen LogP) is 3.76. The second-order valence-corrected chi connectivity index (χ2v) is 5.22. The molecule has 0 aliphatic heterocycles. The predicted molar refractivity (Wildman–Crippen MR) is 64.6 cm³/mol. The molecule has 0 aromatic rings. The second kappa shape index (κ2) is 4.34. The Hall–Kier alpha value is -0.850. The zero-order valence-electron chi connectivity index (χ0n) is 10.2. The molecule has 15 heavy (non-hydrogen) atoms. The maximum atomic E-state index is 12.1. The highest BCUT2D eigenvalue weighted by molar-refractivity contribution is 5.86. The number of carbonyl (C=O) groups excluding carboxylic acids is 1. The van der Waals surface area contributed by atoms with Crippen molar-refractivity contribution in [1.82, 2.24) is 0 Å². The number of hydrogen-bond donors (Lipinski definition) is 0. The first-order chi connectivity index (χ1) is 6.91. The van der Waals surface area contributed by atoms with Crippen molar-refractivity contribution >= 4 is 5.78 Å². The molecule has 1 fully saturated rings. The van der Waals surface area contributed by atoms with E-state index in [2.05, 4.69) is 27.0 Å². The summed E-state index contributed by atoms with van der Waals surface area (Å²) in [7, 11) is 0. The molecule has 0 unspecified atom stereocenters. The summed E-state index contributed by atoms with van der Waals surface area (Å²) in [5.41, 5.74) is 0.962. The van der Waals surface area contributed by atoms with E-state index in [-0.39, 0.29) is 5.41 Å². The molecule has 0 saturated heterocycles. The lowest BCUT2D eigenvalue weighted by Gasteiger charge is -2.41. The minimum absolute atomic E-state index is 0.187. The van der Waals surface area contributed by atoms with Crippen molar-refractivity contribution in [3.8, 4) is 0 Å². The van der Waals surface area contributed by atoms with Gasteiger partial charge in [-0.2, -0.15) is 0 Å². The van der Waals surface area contributed by atoms with Crippen LogP contribution in [0.15, 0.2) is 24.8 Å². The summed E-state index contributed by atoms with van der Waals surface area (Å²) in [6, 6.07) is 0. The topological polar surface area (TPSA) is 17.1 Å². The van der Waals surface area contributed by atoms with Gasteiger partial charge in [-0.1, -0.05) is 32.1 Å². The average Bonchev–Trinajstić information content (AvgIpc) is 2.14. The summed E-state index contributed by atoms with van der Waals surface area (Å²) in [6.45, 7) is 14.0. The molecule has 0 spiro atoms. The third kappa shape index (κ3) is 2.22. The van der Waals surface area contributed by atoms with Crippen LogP contribution in [0, 0.1) is 17.3 Å². The number of allylic oxidation sites excluding steroid dienone is 2. The van der Waals surface area contributed by atoms with Gasteiger partial charge in [-0.25, -0.2) is 0 Å². The van der Waals surface area contributed by atoms with Crippen LogP contribution in [0.2, 0.25) is 0 Å². The maximum Gasteiger partial charge on any atom is 0.139 e. The van der Waals surface area contributed by atoms with Gasteiger partial charge in [0.2, 0.25) is 0 Å². The Morgan fingerprint density at radius 1 is 1.67 bits per heavy atom. The van der Waals surface area contributed by atoms with E-state index in [9.17, 15) is 4.79 Å². The fourth-order valence-electron chi connectivity index (χ4n) is 2.49. The van der Waals surface area contributed by atoms with Gasteiger partial charge in [-0.05, 0) is 31.6 Å². The van der Waals surface area contributed by atoms with Crippen LogP contribution in [0.1, 0.15) is 40.0 Å². The van der Waals surface area contributed by atoms with Crippen LogP contribution in [0.3, 0.4) is 0 Å². The molecule has 1 nitrogen and oxygen atoms in total. The van der Waals surface area contributed by atoms with Crippen molar-refractivity contribution in [2.24, 2.45) is 17.3 Å². The van der Waals surface area contributed by atoms with Crippen LogP contribution in [0.5, 0.6) is 0 Å². The molecule has 0 N–H and O–H groups in total. The lowest BCUT2D eigenvalue weighted by atomic mass is 9.62. The van der Waals surface area contributed by atoms with E-state index in [0.717, 1.165) is 18.4 Å². The molecule has 1 rings (SSSR count). The van der Waals surface area contributed by atoms with Crippen molar-refractivity contribution in [1.29, 1.82) is 0 Å². The van der Waals surface area contributed by atoms with Gasteiger partial charge in [0.15, 0.2) is 0 Å². The summed E-state index contributed by atoms with van der Waals surface area (Å²) in [5, 5.41) is 0. The lowest BCUT2D eigenvalue weighted by Crippen LogP contribution is -2.41. The Kier molecular flexibility index (Phi) is 3.54. The molecule has 1 heteroatoms. The largest absolute Gasteiger partial charge is 0.299 e. The fraction of sp³-hybridized carbons (Fsp3) is 0.643. The highest BCUT2D eigenvalue weighted by atomic mass is 16.1. The highest BCUT2D eigenvalue weighted by Gasteiger charge is 2.43. The first-order valence-electron chi connectivity index (χ1n) is 5.71. The molecule has 3 atom stereocenters. The van der Waals surface area contributed by atoms with E-state index in [1.807, 2.05) is 13.0 Å². The second-order valence-electron chi connectivity index (χ2n) is 5.22. The SMILES string of the molecule is C=CC[C@]1(C)C(=O)C[C@H](C(=C)C)C[C@H]1C. The van der Waals surface area contributed by atoms with Crippen molar-refractivity contribution < 1.29 is 4.79 Å². The Bertz CT molecular complexity index is 290. The number of ketones is 1. The normalized spacial score (nSPS) is 36.3. The average molecular weight is 206 g/mol. The molecule has 0 aromatic carbocycles. The van der Waals surface area contributed by atoms with E-state index in [1.54, 1.807) is 0 Å². The summed E-state index contributed by atoms with van der Waals surface area (Å²) < 4.78 is 0. The van der Waals surface area contributed by atoms with Gasteiger partial charge >= 0.3 is 0 Å². The molecule has 1 saturated carbocycles. The van der Waals surface area contributed by atoms with E-state index >= 15 is 0 Å². The van der Waals surface area contributed by atoms with Gasteiger partial charge in [0, 0.05) is 11.8 Å². The molecule has 0 amide bonds. The zero-order valence-corrected chi connectivity index (χ0v) is 10.2. The van der Waals surface area contributed by atoms with Gasteiger partial charge in [0.05, 0.1) is 0 Å². The smallest absolute Gasteiger partial charge is 0.139 e. The van der Waals surface area contributed by atoms with Crippen molar-refractivity contribution in [2.75, 3.05) is 0 Å². The number of hydrogen-bond acceptors (Lipinski definition) is 1. The fourth-order valence-corrected chi connectivity index (χ4v) is 2.49. The molecule has 0 radical (unpaired) electrons. The van der Waals surface area contributed by atoms with Gasteiger partial charge in [-0.15, -0.1) is 6.58 Å². The number of rotatable bonds is 3. The van der Waals surface area contributed by atoms with E-state index in [0.29, 0.717) is 24.0 Å². The van der Waals surface area contributed by atoms with E-state index in [4.69, 9.17) is 0 Å². The van der Waals surface area contributed by atoms with Crippen LogP contribution >= 0.6 is 0 Å². The van der Waals surface area contributed by atoms with Crippen LogP contribution < -0.4 is 0 Å². The lowest BCUT2D eigenvalue weighted by molar-refractivity contribution is -0.134. The van der Waals surface area contributed by atoms with Gasteiger partial charge in [0.1, 0.15) is 5.78 Å². The minimum atomic E-state index is -0.187. The zero-order chi connectivity index (χ0) is 11.6. The Balaban J connectivity index is 2.85. The summed E-state index contributed by atoms with van der Waals surface area (Å²) in [5.74, 6) is 1.21. The van der Waals surface area contributed by atoms with E-state index < -0.39 is 0 Å². The minimum Gasteiger partial charge on any atom is -0.299 e. The molecule has 0 aromatic heterocycles. The first kappa shape index (κ1) is 12.2. The van der Waals surface area contributed by atoms with Crippen molar-refractivity contribution in [2.45, 2.75) is 40.0 Å². The van der Waals surface area contributed by atoms with E-state index in [1.165, 1.54) is 0 Å². The third-order valence-corrected chi connectivity index (χ3v) is 4.06. The molecular formula is C14H22O. The quantitative estimate of drug-likeness (QED) is 0.643. The van der Waals surface area contributed by atoms with Crippen LogP contribution in [-0.4, -0.2) is 5.78 Å². The monoisotopic (exact) mass is 206 g/mol. The van der Waals surface area contributed by atoms with Crippen LogP contribution in [-0.2, 0) is 4.79 Å². The third-order valence-electron chi connectivity index (χ3n) is 4.06. The first-order valence-corrected chi connectivity index (χ1v) is 5.71. The molecule has 1 aliphatic carbocycles. The van der Waals surface area contributed by atoms with Crippen molar-refractivity contribution in [3.05, 3.63) is 24.8 Å². The molecule has 0 heterocycles. The molecule has 0 bridgehead atoms. The van der Waals surface area contributed by atoms with Crippen LogP contribution in [0.25, 0.3) is 0 Å². The Morgan fingerprint density at radius 2 is 2.27 bits per heavy atom.